The SMILES string of the molecule is CCC[C@H](C(=O)NO)[C@H](CC(C)C)C(=O)N[C@H]1CCCCN(Cc2cccc(-c3cccc(C)c3)c2)C1=O. The first kappa shape index (κ1) is 29.4. The van der Waals surface area contributed by atoms with Gasteiger partial charge in [-0.2, -0.15) is 0 Å². The van der Waals surface area contributed by atoms with Crippen molar-refractivity contribution >= 4 is 17.7 Å². The Morgan fingerprint density at radius 1 is 1.03 bits per heavy atom. The molecule has 3 atom stereocenters. The number of aryl methyl sites for hydroxylation is 1. The lowest BCUT2D eigenvalue weighted by atomic mass is 9.81. The molecule has 0 aliphatic carbocycles. The molecule has 1 aliphatic heterocycles. The largest absolute Gasteiger partial charge is 0.344 e. The Morgan fingerprint density at radius 2 is 1.74 bits per heavy atom. The quantitative estimate of drug-likeness (QED) is 0.278. The van der Waals surface area contributed by atoms with Gasteiger partial charge in [0.25, 0.3) is 0 Å². The molecule has 0 aromatic heterocycles. The van der Waals surface area contributed by atoms with E-state index in [4.69, 9.17) is 0 Å². The second kappa shape index (κ2) is 14.1. The molecule has 7 heteroatoms. The predicted molar refractivity (Wildman–Crippen MR) is 149 cm³/mol. The topological polar surface area (TPSA) is 98.7 Å². The van der Waals surface area contributed by atoms with Gasteiger partial charge in [-0.25, -0.2) is 5.48 Å². The van der Waals surface area contributed by atoms with Crippen molar-refractivity contribution in [1.82, 2.24) is 15.7 Å². The molecule has 2 aromatic rings. The summed E-state index contributed by atoms with van der Waals surface area (Å²) in [5.41, 5.74) is 6.24. The van der Waals surface area contributed by atoms with E-state index in [1.807, 2.05) is 43.9 Å². The number of carbonyl (C=O) groups is 3. The van der Waals surface area contributed by atoms with Gasteiger partial charge in [0.1, 0.15) is 6.04 Å². The highest BCUT2D eigenvalue weighted by Gasteiger charge is 2.36. The minimum atomic E-state index is -0.645. The third kappa shape index (κ3) is 7.90. The second-order valence-electron chi connectivity index (χ2n) is 11.0. The molecule has 3 amide bonds. The van der Waals surface area contributed by atoms with Gasteiger partial charge in [-0.15, -0.1) is 0 Å². The molecule has 1 fully saturated rings. The molecule has 1 heterocycles. The first-order valence-corrected chi connectivity index (χ1v) is 13.9. The first-order chi connectivity index (χ1) is 18.2. The van der Waals surface area contributed by atoms with E-state index in [-0.39, 0.29) is 17.7 Å². The zero-order chi connectivity index (χ0) is 27.7. The van der Waals surface area contributed by atoms with Gasteiger partial charge >= 0.3 is 0 Å². The Bertz CT molecular complexity index is 1100. The van der Waals surface area contributed by atoms with Gasteiger partial charge in [0.05, 0.1) is 5.92 Å². The van der Waals surface area contributed by atoms with E-state index in [1.165, 1.54) is 5.56 Å². The van der Waals surface area contributed by atoms with Gasteiger partial charge in [-0.3, -0.25) is 19.6 Å². The van der Waals surface area contributed by atoms with Gasteiger partial charge in [0.2, 0.25) is 17.7 Å². The number of amides is 3. The molecule has 206 valence electrons. The molecule has 0 unspecified atom stereocenters. The van der Waals surface area contributed by atoms with Crippen LogP contribution in [0.4, 0.5) is 0 Å². The minimum absolute atomic E-state index is 0.0845. The van der Waals surface area contributed by atoms with Crippen molar-refractivity contribution in [2.24, 2.45) is 17.8 Å². The number of hydrogen-bond donors (Lipinski definition) is 3. The average Bonchev–Trinajstić information content (AvgIpc) is 3.06. The molecular weight excluding hydrogens is 478 g/mol. The summed E-state index contributed by atoms with van der Waals surface area (Å²) in [5, 5.41) is 12.3. The summed E-state index contributed by atoms with van der Waals surface area (Å²) >= 11 is 0. The summed E-state index contributed by atoms with van der Waals surface area (Å²) in [7, 11) is 0. The molecule has 2 aromatic carbocycles. The molecule has 0 bridgehead atoms. The summed E-state index contributed by atoms with van der Waals surface area (Å²) in [4.78, 5) is 41.4. The molecule has 1 saturated heterocycles. The maximum atomic E-state index is 13.6. The zero-order valence-corrected chi connectivity index (χ0v) is 23.2. The van der Waals surface area contributed by atoms with Crippen LogP contribution in [0.15, 0.2) is 48.5 Å². The summed E-state index contributed by atoms with van der Waals surface area (Å²) in [6.45, 7) is 9.15. The van der Waals surface area contributed by atoms with E-state index in [0.29, 0.717) is 38.8 Å². The van der Waals surface area contributed by atoms with Crippen LogP contribution in [0, 0.1) is 24.7 Å². The Balaban J connectivity index is 1.76. The van der Waals surface area contributed by atoms with Crippen LogP contribution in [0.5, 0.6) is 0 Å². The van der Waals surface area contributed by atoms with Gasteiger partial charge in [-0.1, -0.05) is 75.2 Å². The number of hydrogen-bond acceptors (Lipinski definition) is 4. The first-order valence-electron chi connectivity index (χ1n) is 13.9. The fraction of sp³-hybridized carbons (Fsp3) is 0.516. The van der Waals surface area contributed by atoms with Gasteiger partial charge in [0.15, 0.2) is 0 Å². The van der Waals surface area contributed by atoms with Crippen molar-refractivity contribution in [1.29, 1.82) is 0 Å². The van der Waals surface area contributed by atoms with E-state index in [9.17, 15) is 19.6 Å². The zero-order valence-electron chi connectivity index (χ0n) is 23.2. The van der Waals surface area contributed by atoms with Crippen LogP contribution in [0.2, 0.25) is 0 Å². The lowest BCUT2D eigenvalue weighted by Crippen LogP contribution is -2.51. The van der Waals surface area contributed by atoms with Crippen molar-refractivity contribution in [2.45, 2.75) is 78.8 Å². The lowest BCUT2D eigenvalue weighted by molar-refractivity contribution is -0.143. The maximum Gasteiger partial charge on any atom is 0.247 e. The smallest absolute Gasteiger partial charge is 0.247 e. The number of nitrogens with one attached hydrogen (secondary N) is 2. The second-order valence-corrected chi connectivity index (χ2v) is 11.0. The van der Waals surface area contributed by atoms with E-state index < -0.39 is 23.8 Å². The third-order valence-corrected chi connectivity index (χ3v) is 7.34. The van der Waals surface area contributed by atoms with Crippen molar-refractivity contribution in [3.8, 4) is 11.1 Å². The van der Waals surface area contributed by atoms with Gasteiger partial charge < -0.3 is 10.2 Å². The molecule has 3 N–H and O–H groups in total. The normalized spacial score (nSPS) is 17.6. The molecule has 0 radical (unpaired) electrons. The highest BCUT2D eigenvalue weighted by molar-refractivity contribution is 5.91. The van der Waals surface area contributed by atoms with Crippen LogP contribution >= 0.6 is 0 Å². The van der Waals surface area contributed by atoms with Crippen molar-refractivity contribution in [2.75, 3.05) is 6.54 Å². The standard InChI is InChI=1S/C31H43N3O4/c1-5-10-26(30(36)33-38)27(17-21(2)3)29(35)32-28-15-6-7-16-34(31(28)37)20-23-12-9-14-25(19-23)24-13-8-11-22(4)18-24/h8-9,11-14,18-19,21,26-28,38H,5-7,10,15-17,20H2,1-4H3,(H,32,35)(H,33,36)/t26-,27-,28-/m0/s1. The minimum Gasteiger partial charge on any atom is -0.344 e. The van der Waals surface area contributed by atoms with Crippen LogP contribution in [0.3, 0.4) is 0 Å². The number of benzene rings is 2. The summed E-state index contributed by atoms with van der Waals surface area (Å²) in [6.07, 6.45) is 3.97. The van der Waals surface area contributed by atoms with E-state index in [1.54, 1.807) is 5.48 Å². The van der Waals surface area contributed by atoms with Crippen LogP contribution in [-0.2, 0) is 20.9 Å². The summed E-state index contributed by atoms with van der Waals surface area (Å²) in [5.74, 6) is -2.00. The van der Waals surface area contributed by atoms with E-state index >= 15 is 0 Å². The highest BCUT2D eigenvalue weighted by atomic mass is 16.5. The molecule has 7 nitrogen and oxygen atoms in total. The van der Waals surface area contributed by atoms with Crippen LogP contribution in [0.1, 0.15) is 70.4 Å². The Kier molecular flexibility index (Phi) is 10.9. The number of likely N-dealkylation sites (tertiary alicyclic amines) is 1. The monoisotopic (exact) mass is 521 g/mol. The van der Waals surface area contributed by atoms with Gasteiger partial charge in [-0.05, 0) is 67.7 Å². The van der Waals surface area contributed by atoms with Crippen molar-refractivity contribution < 1.29 is 19.6 Å². The molecule has 0 saturated carbocycles. The molecule has 1 aliphatic rings. The fourth-order valence-corrected chi connectivity index (χ4v) is 5.44. The lowest BCUT2D eigenvalue weighted by Gasteiger charge is -2.29. The Morgan fingerprint density at radius 3 is 2.39 bits per heavy atom. The van der Waals surface area contributed by atoms with E-state index in [0.717, 1.165) is 29.5 Å². The van der Waals surface area contributed by atoms with Crippen LogP contribution in [0.25, 0.3) is 11.1 Å². The Hall–Kier alpha value is -3.19. The molecule has 0 spiro atoms. The van der Waals surface area contributed by atoms with Gasteiger partial charge in [0, 0.05) is 19.0 Å². The number of hydroxylamine groups is 1. The summed E-state index contributed by atoms with van der Waals surface area (Å²) < 4.78 is 0. The third-order valence-electron chi connectivity index (χ3n) is 7.34. The number of rotatable bonds is 11. The molecule has 38 heavy (non-hydrogen) atoms. The molecular formula is C31H43N3O4. The van der Waals surface area contributed by atoms with Crippen LogP contribution in [-0.4, -0.2) is 40.4 Å². The number of nitrogens with zero attached hydrogens (tertiary/aromatic N) is 1. The Labute approximate surface area is 227 Å². The average molecular weight is 522 g/mol. The number of carbonyl (C=O) groups excluding carboxylic acids is 3. The highest BCUT2D eigenvalue weighted by Crippen LogP contribution is 2.27. The van der Waals surface area contributed by atoms with E-state index in [2.05, 4.69) is 42.6 Å². The predicted octanol–water partition coefficient (Wildman–Crippen LogP) is 5.24. The van der Waals surface area contributed by atoms with Crippen LogP contribution < -0.4 is 10.8 Å². The summed E-state index contributed by atoms with van der Waals surface area (Å²) in [6, 6.07) is 16.0. The van der Waals surface area contributed by atoms with Crippen molar-refractivity contribution in [3.63, 3.8) is 0 Å². The van der Waals surface area contributed by atoms with Crippen molar-refractivity contribution in [3.05, 3.63) is 59.7 Å². The fourth-order valence-electron chi connectivity index (χ4n) is 5.44. The maximum absolute atomic E-state index is 13.6. The molecule has 3 rings (SSSR count).